The molecule has 3 rings (SSSR count). The molecule has 0 aliphatic rings. The van der Waals surface area contributed by atoms with Crippen molar-refractivity contribution in [3.05, 3.63) is 69.8 Å². The molecule has 24 heavy (non-hydrogen) atoms. The zero-order valence-corrected chi connectivity index (χ0v) is 13.1. The summed E-state index contributed by atoms with van der Waals surface area (Å²) in [5.41, 5.74) is 1.12. The first-order chi connectivity index (χ1) is 11.7. The molecule has 0 saturated carbocycles. The van der Waals surface area contributed by atoms with Gasteiger partial charge in [0.2, 0.25) is 5.16 Å². The van der Waals surface area contributed by atoms with Crippen LogP contribution >= 0.6 is 11.8 Å². The van der Waals surface area contributed by atoms with Crippen molar-refractivity contribution in [2.24, 2.45) is 0 Å². The maximum atomic E-state index is 10.8. The molecule has 0 saturated heterocycles. The zero-order valence-electron chi connectivity index (χ0n) is 12.2. The molecule has 1 heterocycles. The number of hydrogen-bond acceptors (Lipinski definition) is 7. The molecule has 8 nitrogen and oxygen atoms in total. The smallest absolute Gasteiger partial charge is 0.258 e. The van der Waals surface area contributed by atoms with Crippen LogP contribution in [0, 0.1) is 21.4 Å². The van der Waals surface area contributed by atoms with Crippen molar-refractivity contribution in [2.75, 3.05) is 0 Å². The van der Waals surface area contributed by atoms with Crippen molar-refractivity contribution in [1.82, 2.24) is 20.2 Å². The minimum absolute atomic E-state index is 0.125. The summed E-state index contributed by atoms with van der Waals surface area (Å²) in [5, 5.41) is 32.1. The molecular weight excluding hydrogens is 328 g/mol. The second-order valence-electron chi connectivity index (χ2n) is 4.76. The number of nitrogens with zero attached hydrogens (tertiary/aromatic N) is 6. The van der Waals surface area contributed by atoms with Gasteiger partial charge in [-0.15, -0.1) is 5.10 Å². The summed E-state index contributed by atoms with van der Waals surface area (Å²) in [6, 6.07) is 15.8. The van der Waals surface area contributed by atoms with Crippen molar-refractivity contribution in [3.63, 3.8) is 0 Å². The molecule has 0 radical (unpaired) electrons. The Kier molecular flexibility index (Phi) is 4.49. The summed E-state index contributed by atoms with van der Waals surface area (Å²) in [4.78, 5) is 10.8. The van der Waals surface area contributed by atoms with Crippen LogP contribution in [-0.4, -0.2) is 25.1 Å². The van der Waals surface area contributed by atoms with E-state index in [-0.39, 0.29) is 11.3 Å². The predicted molar refractivity (Wildman–Crippen MR) is 85.3 cm³/mol. The Labute approximate surface area is 140 Å². The fourth-order valence-electron chi connectivity index (χ4n) is 2.03. The molecule has 0 aliphatic carbocycles. The standard InChI is InChI=1S/C15H10N6O2S/c16-9-12-8-13(21(22)23)6-7-14(12)24-15-17-18-19-20(15)10-11-4-2-1-3-5-11/h1-8H,10H2. The highest BCUT2D eigenvalue weighted by Crippen LogP contribution is 2.30. The average molecular weight is 338 g/mol. The highest BCUT2D eigenvalue weighted by atomic mass is 32.2. The van der Waals surface area contributed by atoms with E-state index in [1.165, 1.54) is 30.0 Å². The van der Waals surface area contributed by atoms with E-state index < -0.39 is 4.92 Å². The van der Waals surface area contributed by atoms with Crippen molar-refractivity contribution < 1.29 is 4.92 Å². The van der Waals surface area contributed by atoms with E-state index in [0.29, 0.717) is 16.6 Å². The number of nitro benzene ring substituents is 1. The fourth-order valence-corrected chi connectivity index (χ4v) is 2.86. The van der Waals surface area contributed by atoms with Crippen molar-refractivity contribution >= 4 is 17.4 Å². The number of rotatable bonds is 5. The van der Waals surface area contributed by atoms with Crippen molar-refractivity contribution in [1.29, 1.82) is 5.26 Å². The van der Waals surface area contributed by atoms with E-state index in [0.717, 1.165) is 5.56 Å². The largest absolute Gasteiger partial charge is 0.270 e. The molecule has 118 valence electrons. The van der Waals surface area contributed by atoms with E-state index in [4.69, 9.17) is 0 Å². The third kappa shape index (κ3) is 3.39. The molecule has 1 aromatic heterocycles. The summed E-state index contributed by atoms with van der Waals surface area (Å²) < 4.78 is 1.61. The number of tetrazole rings is 1. The van der Waals surface area contributed by atoms with E-state index in [1.807, 2.05) is 36.4 Å². The first-order valence-electron chi connectivity index (χ1n) is 6.84. The van der Waals surface area contributed by atoms with Gasteiger partial charge in [0.05, 0.1) is 17.0 Å². The van der Waals surface area contributed by atoms with Crippen LogP contribution in [0.3, 0.4) is 0 Å². The molecule has 0 amide bonds. The van der Waals surface area contributed by atoms with Gasteiger partial charge < -0.3 is 0 Å². The summed E-state index contributed by atoms with van der Waals surface area (Å²) in [5.74, 6) is 0. The van der Waals surface area contributed by atoms with Crippen molar-refractivity contribution in [2.45, 2.75) is 16.6 Å². The van der Waals surface area contributed by atoms with Gasteiger partial charge in [0.15, 0.2) is 0 Å². The van der Waals surface area contributed by atoms with Gasteiger partial charge in [-0.2, -0.15) is 5.26 Å². The fraction of sp³-hybridized carbons (Fsp3) is 0.0667. The third-order valence-corrected chi connectivity index (χ3v) is 4.22. The minimum atomic E-state index is -0.533. The van der Waals surface area contributed by atoms with E-state index >= 15 is 0 Å². The van der Waals surface area contributed by atoms with Gasteiger partial charge in [0, 0.05) is 17.0 Å². The third-order valence-electron chi connectivity index (χ3n) is 3.17. The Morgan fingerprint density at radius 3 is 2.75 bits per heavy atom. The molecule has 0 spiro atoms. The maximum absolute atomic E-state index is 10.8. The number of nitro groups is 1. The Hall–Kier alpha value is -3.25. The topological polar surface area (TPSA) is 111 Å². The number of hydrogen-bond donors (Lipinski definition) is 0. The van der Waals surface area contributed by atoms with Crippen LogP contribution in [0.2, 0.25) is 0 Å². The Morgan fingerprint density at radius 1 is 1.25 bits per heavy atom. The van der Waals surface area contributed by atoms with E-state index in [1.54, 1.807) is 4.68 Å². The van der Waals surface area contributed by atoms with Crippen LogP contribution in [0.1, 0.15) is 11.1 Å². The molecule has 9 heteroatoms. The lowest BCUT2D eigenvalue weighted by Crippen LogP contribution is -2.03. The normalized spacial score (nSPS) is 10.3. The molecule has 0 N–H and O–H groups in total. The zero-order chi connectivity index (χ0) is 16.9. The van der Waals surface area contributed by atoms with Crippen molar-refractivity contribution in [3.8, 4) is 6.07 Å². The van der Waals surface area contributed by atoms with Crippen LogP contribution in [0.25, 0.3) is 0 Å². The summed E-state index contributed by atoms with van der Waals surface area (Å²) >= 11 is 1.19. The first-order valence-corrected chi connectivity index (χ1v) is 7.65. The molecule has 2 aromatic carbocycles. The van der Waals surface area contributed by atoms with Gasteiger partial charge in [0.25, 0.3) is 5.69 Å². The number of aromatic nitrogens is 4. The molecule has 0 fully saturated rings. The highest BCUT2D eigenvalue weighted by molar-refractivity contribution is 7.99. The first kappa shape index (κ1) is 15.6. The number of non-ortho nitro benzene ring substituents is 1. The molecule has 0 atom stereocenters. The van der Waals surface area contributed by atoms with Gasteiger partial charge in [-0.3, -0.25) is 10.1 Å². The molecule has 0 unspecified atom stereocenters. The second-order valence-corrected chi connectivity index (χ2v) is 5.77. The van der Waals surface area contributed by atoms with Crippen LogP contribution in [-0.2, 0) is 6.54 Å². The maximum Gasteiger partial charge on any atom is 0.270 e. The van der Waals surface area contributed by atoms with Gasteiger partial charge >= 0.3 is 0 Å². The van der Waals surface area contributed by atoms with Crippen LogP contribution in [0.4, 0.5) is 5.69 Å². The van der Waals surface area contributed by atoms with Crippen LogP contribution < -0.4 is 0 Å². The SMILES string of the molecule is N#Cc1cc([N+](=O)[O-])ccc1Sc1nnnn1Cc1ccccc1. The molecule has 0 bridgehead atoms. The van der Waals surface area contributed by atoms with Gasteiger partial charge in [0.1, 0.15) is 6.07 Å². The minimum Gasteiger partial charge on any atom is -0.258 e. The predicted octanol–water partition coefficient (Wildman–Crippen LogP) is 2.65. The lowest BCUT2D eigenvalue weighted by molar-refractivity contribution is -0.384. The van der Waals surface area contributed by atoms with E-state index in [9.17, 15) is 15.4 Å². The van der Waals surface area contributed by atoms with Gasteiger partial charge in [-0.05, 0) is 33.8 Å². The van der Waals surface area contributed by atoms with Crippen LogP contribution in [0.5, 0.6) is 0 Å². The Bertz CT molecular complexity index is 919. The van der Waals surface area contributed by atoms with E-state index in [2.05, 4.69) is 15.5 Å². The number of nitriles is 1. The lowest BCUT2D eigenvalue weighted by Gasteiger charge is -2.05. The molecular formula is C15H10N6O2S. The highest BCUT2D eigenvalue weighted by Gasteiger charge is 2.15. The second kappa shape index (κ2) is 6.89. The number of benzene rings is 2. The summed E-state index contributed by atoms with van der Waals surface area (Å²) in [6.45, 7) is 0.491. The Balaban J connectivity index is 1.86. The molecule has 3 aromatic rings. The Morgan fingerprint density at radius 2 is 2.04 bits per heavy atom. The summed E-state index contributed by atoms with van der Waals surface area (Å²) in [6.07, 6.45) is 0. The lowest BCUT2D eigenvalue weighted by atomic mass is 10.2. The summed E-state index contributed by atoms with van der Waals surface area (Å²) in [7, 11) is 0. The van der Waals surface area contributed by atoms with Gasteiger partial charge in [-0.1, -0.05) is 30.3 Å². The quantitative estimate of drug-likeness (QED) is 0.519. The molecule has 0 aliphatic heterocycles. The van der Waals surface area contributed by atoms with Crippen LogP contribution in [0.15, 0.2) is 58.6 Å². The van der Waals surface area contributed by atoms with Gasteiger partial charge in [-0.25, -0.2) is 4.68 Å². The monoisotopic (exact) mass is 338 g/mol. The average Bonchev–Trinajstić information content (AvgIpc) is 3.02.